The molecule has 0 spiro atoms. The molecule has 2 aromatic carbocycles. The molecule has 1 heterocycles. The number of hydrogen-bond acceptors (Lipinski definition) is 6. The molecule has 0 saturated carbocycles. The first-order valence-corrected chi connectivity index (χ1v) is 12.5. The van der Waals surface area contributed by atoms with Gasteiger partial charge in [-0.3, -0.25) is 4.79 Å². The number of esters is 1. The van der Waals surface area contributed by atoms with Crippen molar-refractivity contribution in [1.29, 1.82) is 0 Å². The number of nitrogens with one attached hydrogen (secondary N) is 1. The van der Waals surface area contributed by atoms with E-state index >= 15 is 0 Å². The fourth-order valence-corrected chi connectivity index (χ4v) is 4.33. The van der Waals surface area contributed by atoms with Gasteiger partial charge in [0.15, 0.2) is 0 Å². The minimum absolute atomic E-state index is 0.272. The lowest BCUT2D eigenvalue weighted by Crippen LogP contribution is -2.36. The number of anilines is 1. The SMILES string of the molecule is COc1nc(-c2ccc(C(F)(F)F)cc2)ccc1CNc1ccc(SC(C)(C)C(=O)OC(C)(C)C)cc1. The molecular weight excluding hydrogens is 501 g/mol. The number of ether oxygens (including phenoxy) is 2. The smallest absolute Gasteiger partial charge is 0.416 e. The largest absolute Gasteiger partial charge is 0.481 e. The summed E-state index contributed by atoms with van der Waals surface area (Å²) >= 11 is 1.43. The predicted molar refractivity (Wildman–Crippen MR) is 141 cm³/mol. The van der Waals surface area contributed by atoms with E-state index in [1.807, 2.05) is 65.0 Å². The molecule has 0 amide bonds. The highest BCUT2D eigenvalue weighted by Gasteiger charge is 2.33. The van der Waals surface area contributed by atoms with Crippen molar-refractivity contribution in [3.05, 3.63) is 71.8 Å². The molecule has 0 saturated heterocycles. The first kappa shape index (κ1) is 28.4. The van der Waals surface area contributed by atoms with Crippen LogP contribution in [0.1, 0.15) is 45.7 Å². The van der Waals surface area contributed by atoms with Crippen LogP contribution in [0.3, 0.4) is 0 Å². The summed E-state index contributed by atoms with van der Waals surface area (Å²) in [6.45, 7) is 9.65. The normalized spacial score (nSPS) is 12.2. The molecular formula is C28H31F3N2O3S. The summed E-state index contributed by atoms with van der Waals surface area (Å²) in [5.41, 5.74) is 1.49. The van der Waals surface area contributed by atoms with Gasteiger partial charge in [0, 0.05) is 28.3 Å². The Labute approximate surface area is 219 Å². The van der Waals surface area contributed by atoms with Gasteiger partial charge in [0.2, 0.25) is 5.88 Å². The number of methoxy groups -OCH3 is 1. The number of nitrogens with zero attached hydrogens (tertiary/aromatic N) is 1. The van der Waals surface area contributed by atoms with Crippen LogP contribution in [0.25, 0.3) is 11.3 Å². The molecule has 0 bridgehead atoms. The number of carbonyl (C=O) groups is 1. The summed E-state index contributed by atoms with van der Waals surface area (Å²) in [7, 11) is 1.50. The predicted octanol–water partition coefficient (Wildman–Crippen LogP) is 7.60. The molecule has 0 fully saturated rings. The van der Waals surface area contributed by atoms with E-state index in [1.165, 1.54) is 31.0 Å². The van der Waals surface area contributed by atoms with Crippen LogP contribution >= 0.6 is 11.8 Å². The number of pyridine rings is 1. The lowest BCUT2D eigenvalue weighted by atomic mass is 10.1. The molecule has 37 heavy (non-hydrogen) atoms. The van der Waals surface area contributed by atoms with Gasteiger partial charge in [-0.2, -0.15) is 13.2 Å². The summed E-state index contributed by atoms with van der Waals surface area (Å²) in [5, 5.41) is 3.32. The highest BCUT2D eigenvalue weighted by atomic mass is 32.2. The number of halogens is 3. The van der Waals surface area contributed by atoms with Crippen LogP contribution in [0, 0.1) is 0 Å². The Kier molecular flexibility index (Phi) is 8.47. The molecule has 5 nitrogen and oxygen atoms in total. The average Bonchev–Trinajstić information content (AvgIpc) is 2.82. The molecule has 0 aliphatic rings. The minimum Gasteiger partial charge on any atom is -0.481 e. The maximum atomic E-state index is 12.8. The first-order valence-electron chi connectivity index (χ1n) is 11.7. The number of aromatic nitrogens is 1. The molecule has 1 N–H and O–H groups in total. The van der Waals surface area contributed by atoms with Gasteiger partial charge >= 0.3 is 12.1 Å². The standard InChI is InChI=1S/C28H31F3N2O3S/c1-26(2,3)36-25(34)27(4,5)37-22-14-12-21(13-15-22)32-17-19-9-16-23(33-24(19)35-6)18-7-10-20(11-8-18)28(29,30)31/h7-16,32H,17H2,1-6H3. The molecule has 1 aromatic heterocycles. The van der Waals surface area contributed by atoms with E-state index in [1.54, 1.807) is 6.07 Å². The summed E-state index contributed by atoms with van der Waals surface area (Å²) < 4.78 is 48.7. The second-order valence-electron chi connectivity index (χ2n) is 9.93. The molecule has 3 aromatic rings. The molecule has 198 valence electrons. The van der Waals surface area contributed by atoms with Gasteiger partial charge in [0.05, 0.1) is 18.4 Å². The van der Waals surface area contributed by atoms with Gasteiger partial charge in [-0.25, -0.2) is 4.98 Å². The van der Waals surface area contributed by atoms with Crippen molar-refractivity contribution < 1.29 is 27.4 Å². The zero-order valence-electron chi connectivity index (χ0n) is 21.7. The van der Waals surface area contributed by atoms with Crippen molar-refractivity contribution in [3.8, 4) is 17.1 Å². The average molecular weight is 533 g/mol. The zero-order valence-corrected chi connectivity index (χ0v) is 22.5. The van der Waals surface area contributed by atoms with Gasteiger partial charge in [-0.05, 0) is 83.1 Å². The van der Waals surface area contributed by atoms with Crippen molar-refractivity contribution in [3.63, 3.8) is 0 Å². The van der Waals surface area contributed by atoms with E-state index in [9.17, 15) is 18.0 Å². The third-order valence-corrected chi connectivity index (χ3v) is 6.43. The van der Waals surface area contributed by atoms with E-state index in [2.05, 4.69) is 10.3 Å². The van der Waals surface area contributed by atoms with E-state index in [4.69, 9.17) is 9.47 Å². The van der Waals surface area contributed by atoms with Crippen molar-refractivity contribution in [2.45, 2.75) is 62.6 Å². The van der Waals surface area contributed by atoms with Crippen molar-refractivity contribution in [2.75, 3.05) is 12.4 Å². The molecule has 0 aliphatic carbocycles. The second-order valence-corrected chi connectivity index (χ2v) is 11.6. The Morgan fingerprint density at radius 2 is 1.54 bits per heavy atom. The van der Waals surface area contributed by atoms with Crippen LogP contribution in [-0.2, 0) is 22.3 Å². The Morgan fingerprint density at radius 1 is 0.919 bits per heavy atom. The molecule has 3 rings (SSSR count). The zero-order chi connectivity index (χ0) is 27.4. The number of alkyl halides is 3. The maximum absolute atomic E-state index is 12.8. The molecule has 0 atom stereocenters. The van der Waals surface area contributed by atoms with Crippen molar-refractivity contribution in [1.82, 2.24) is 4.98 Å². The number of benzene rings is 2. The highest BCUT2D eigenvalue weighted by molar-refractivity contribution is 8.01. The fourth-order valence-electron chi connectivity index (χ4n) is 3.35. The van der Waals surface area contributed by atoms with E-state index in [0.29, 0.717) is 23.7 Å². The summed E-state index contributed by atoms with van der Waals surface area (Å²) in [6.07, 6.45) is -4.38. The number of hydrogen-bond donors (Lipinski definition) is 1. The molecule has 9 heteroatoms. The minimum atomic E-state index is -4.38. The molecule has 0 radical (unpaired) electrons. The highest BCUT2D eigenvalue weighted by Crippen LogP contribution is 2.35. The Morgan fingerprint density at radius 3 is 2.08 bits per heavy atom. The van der Waals surface area contributed by atoms with E-state index in [-0.39, 0.29) is 5.97 Å². The summed E-state index contributed by atoms with van der Waals surface area (Å²) in [5.74, 6) is 0.114. The van der Waals surface area contributed by atoms with Crippen LogP contribution in [-0.4, -0.2) is 28.4 Å². The Bertz CT molecular complexity index is 1220. The quantitative estimate of drug-likeness (QED) is 0.238. The lowest BCUT2D eigenvalue weighted by Gasteiger charge is -2.28. The summed E-state index contributed by atoms with van der Waals surface area (Å²) in [4.78, 5) is 17.9. The molecule has 0 unspecified atom stereocenters. The molecule has 0 aliphatic heterocycles. The topological polar surface area (TPSA) is 60.5 Å². The van der Waals surface area contributed by atoms with Crippen LogP contribution < -0.4 is 10.1 Å². The van der Waals surface area contributed by atoms with Crippen LogP contribution in [0.2, 0.25) is 0 Å². The van der Waals surface area contributed by atoms with Crippen LogP contribution in [0.15, 0.2) is 65.6 Å². The number of rotatable bonds is 8. The van der Waals surface area contributed by atoms with E-state index < -0.39 is 22.1 Å². The Hall–Kier alpha value is -3.20. The fraction of sp³-hybridized carbons (Fsp3) is 0.357. The third-order valence-electron chi connectivity index (χ3n) is 5.24. The lowest BCUT2D eigenvalue weighted by molar-refractivity contribution is -0.156. The van der Waals surface area contributed by atoms with Gasteiger partial charge in [0.1, 0.15) is 10.3 Å². The first-order chi connectivity index (χ1) is 17.2. The van der Waals surface area contributed by atoms with Gasteiger partial charge in [0.25, 0.3) is 0 Å². The van der Waals surface area contributed by atoms with Gasteiger partial charge < -0.3 is 14.8 Å². The monoisotopic (exact) mass is 532 g/mol. The Balaban J connectivity index is 1.65. The van der Waals surface area contributed by atoms with Gasteiger partial charge in [-0.1, -0.05) is 12.1 Å². The van der Waals surface area contributed by atoms with Crippen molar-refractivity contribution in [2.24, 2.45) is 0 Å². The van der Waals surface area contributed by atoms with Crippen LogP contribution in [0.4, 0.5) is 18.9 Å². The second kappa shape index (κ2) is 11.0. The van der Waals surface area contributed by atoms with Gasteiger partial charge in [-0.15, -0.1) is 11.8 Å². The number of carbonyl (C=O) groups excluding carboxylic acids is 1. The number of thioether (sulfide) groups is 1. The maximum Gasteiger partial charge on any atom is 0.416 e. The van der Waals surface area contributed by atoms with Crippen molar-refractivity contribution >= 4 is 23.4 Å². The summed E-state index contributed by atoms with van der Waals surface area (Å²) in [6, 6.07) is 16.2. The third kappa shape index (κ3) is 7.89. The van der Waals surface area contributed by atoms with Crippen LogP contribution in [0.5, 0.6) is 5.88 Å². The van der Waals surface area contributed by atoms with E-state index in [0.717, 1.165) is 28.3 Å².